The lowest BCUT2D eigenvalue weighted by molar-refractivity contribution is -0.145. The SMILES string of the molecule is CC(C)(C)[C@H](C(=O)O)N1C(=O)c2cccc3cc(Cl)cc(c23)C1=O. The summed E-state index contributed by atoms with van der Waals surface area (Å²) in [6.45, 7) is 5.04. The van der Waals surface area contributed by atoms with Crippen molar-refractivity contribution < 1.29 is 19.5 Å². The standard InChI is InChI=1S/C18H16ClNO4/c1-18(2,3)14(17(23)24)20-15(21)11-6-4-5-9-7-10(19)8-12(13(9)11)16(20)22/h4-8,14H,1-3H3,(H,23,24)/t14-/m0/s1. The summed E-state index contributed by atoms with van der Waals surface area (Å²) in [4.78, 5) is 38.5. The number of nitrogens with zero attached hydrogens (tertiary/aromatic N) is 1. The molecule has 1 heterocycles. The van der Waals surface area contributed by atoms with Crippen LogP contribution in [0.25, 0.3) is 10.8 Å². The molecule has 1 atom stereocenters. The normalized spacial score (nSPS) is 15.8. The van der Waals surface area contributed by atoms with Gasteiger partial charge in [0.05, 0.1) is 5.56 Å². The third-order valence-corrected chi connectivity index (χ3v) is 4.37. The van der Waals surface area contributed by atoms with E-state index < -0.39 is 29.2 Å². The van der Waals surface area contributed by atoms with Gasteiger partial charge in [-0.1, -0.05) is 44.5 Å². The summed E-state index contributed by atoms with van der Waals surface area (Å²) in [5, 5.41) is 11.2. The maximum absolute atomic E-state index is 12.9. The molecule has 0 aliphatic carbocycles. The smallest absolute Gasteiger partial charge is 0.327 e. The van der Waals surface area contributed by atoms with Crippen LogP contribution >= 0.6 is 11.6 Å². The van der Waals surface area contributed by atoms with Crippen molar-refractivity contribution in [1.82, 2.24) is 4.90 Å². The monoisotopic (exact) mass is 345 g/mol. The van der Waals surface area contributed by atoms with E-state index in [4.69, 9.17) is 11.6 Å². The highest BCUT2D eigenvalue weighted by atomic mass is 35.5. The molecule has 1 aliphatic rings. The van der Waals surface area contributed by atoms with Gasteiger partial charge in [0.15, 0.2) is 0 Å². The highest BCUT2D eigenvalue weighted by Crippen LogP contribution is 2.36. The summed E-state index contributed by atoms with van der Waals surface area (Å²) in [5.41, 5.74) is -0.251. The number of hydrogen-bond donors (Lipinski definition) is 1. The van der Waals surface area contributed by atoms with Crippen molar-refractivity contribution in [3.8, 4) is 0 Å². The van der Waals surface area contributed by atoms with Crippen LogP contribution in [0, 0.1) is 5.41 Å². The minimum atomic E-state index is -1.28. The summed E-state index contributed by atoms with van der Waals surface area (Å²) in [6.07, 6.45) is 0. The van der Waals surface area contributed by atoms with Crippen LogP contribution in [0.3, 0.4) is 0 Å². The number of carbonyl (C=O) groups is 3. The Morgan fingerprint density at radius 1 is 1.12 bits per heavy atom. The number of halogens is 1. The molecule has 124 valence electrons. The lowest BCUT2D eigenvalue weighted by atomic mass is 9.83. The zero-order chi connectivity index (χ0) is 17.8. The minimum Gasteiger partial charge on any atom is -0.480 e. The number of hydrogen-bond acceptors (Lipinski definition) is 3. The number of carboxylic acid groups (broad SMARTS) is 1. The molecule has 1 N–H and O–H groups in total. The second-order valence-corrected chi connectivity index (χ2v) is 7.38. The maximum atomic E-state index is 12.9. The Labute approximate surface area is 143 Å². The Bertz CT molecular complexity index is 898. The van der Waals surface area contributed by atoms with E-state index in [1.807, 2.05) is 0 Å². The van der Waals surface area contributed by atoms with Crippen molar-refractivity contribution in [2.75, 3.05) is 0 Å². The first-order chi connectivity index (χ1) is 11.1. The molecule has 0 radical (unpaired) electrons. The van der Waals surface area contributed by atoms with Gasteiger partial charge in [-0.25, -0.2) is 4.79 Å². The number of benzene rings is 2. The van der Waals surface area contributed by atoms with Crippen LogP contribution in [0.1, 0.15) is 41.5 Å². The van der Waals surface area contributed by atoms with Gasteiger partial charge in [0.1, 0.15) is 6.04 Å². The summed E-state index contributed by atoms with van der Waals surface area (Å²) in [7, 11) is 0. The molecule has 2 aromatic rings. The van der Waals surface area contributed by atoms with E-state index in [1.54, 1.807) is 45.0 Å². The Morgan fingerprint density at radius 2 is 1.75 bits per heavy atom. The van der Waals surface area contributed by atoms with Crippen LogP contribution in [0.2, 0.25) is 5.02 Å². The van der Waals surface area contributed by atoms with E-state index in [2.05, 4.69) is 0 Å². The third kappa shape index (κ3) is 2.36. The van der Waals surface area contributed by atoms with Gasteiger partial charge in [0.25, 0.3) is 11.8 Å². The molecule has 6 heteroatoms. The summed E-state index contributed by atoms with van der Waals surface area (Å²) in [6, 6.07) is 6.94. The van der Waals surface area contributed by atoms with Gasteiger partial charge in [-0.3, -0.25) is 14.5 Å². The first-order valence-corrected chi connectivity index (χ1v) is 7.83. The van der Waals surface area contributed by atoms with Gasteiger partial charge in [0.2, 0.25) is 0 Å². The number of carboxylic acids is 1. The van der Waals surface area contributed by atoms with Crippen molar-refractivity contribution in [2.24, 2.45) is 5.41 Å². The van der Waals surface area contributed by atoms with Crippen LogP contribution in [0.15, 0.2) is 30.3 Å². The molecule has 0 fully saturated rings. The molecule has 0 spiro atoms. The van der Waals surface area contributed by atoms with Crippen LogP contribution < -0.4 is 0 Å². The molecular formula is C18H16ClNO4. The van der Waals surface area contributed by atoms with Crippen LogP contribution in [0.5, 0.6) is 0 Å². The van der Waals surface area contributed by atoms with E-state index in [-0.39, 0.29) is 5.56 Å². The molecule has 24 heavy (non-hydrogen) atoms. The number of aliphatic carboxylic acids is 1. The van der Waals surface area contributed by atoms with Gasteiger partial charge >= 0.3 is 5.97 Å². The van der Waals surface area contributed by atoms with Crippen molar-refractivity contribution in [1.29, 1.82) is 0 Å². The van der Waals surface area contributed by atoms with Crippen molar-refractivity contribution in [3.63, 3.8) is 0 Å². The van der Waals surface area contributed by atoms with E-state index in [1.165, 1.54) is 6.07 Å². The zero-order valence-electron chi connectivity index (χ0n) is 13.5. The Morgan fingerprint density at radius 3 is 2.33 bits per heavy atom. The summed E-state index contributed by atoms with van der Waals surface area (Å²) >= 11 is 6.09. The predicted octanol–water partition coefficient (Wildman–Crippen LogP) is 3.59. The average molecular weight is 346 g/mol. The van der Waals surface area contributed by atoms with Gasteiger partial charge in [-0.15, -0.1) is 0 Å². The fourth-order valence-corrected chi connectivity index (χ4v) is 3.42. The summed E-state index contributed by atoms with van der Waals surface area (Å²) in [5.74, 6) is -2.45. The highest BCUT2D eigenvalue weighted by Gasteiger charge is 2.46. The molecule has 1 aliphatic heterocycles. The van der Waals surface area contributed by atoms with Gasteiger partial charge in [0, 0.05) is 16.0 Å². The number of carbonyl (C=O) groups excluding carboxylic acids is 2. The average Bonchev–Trinajstić information content (AvgIpc) is 2.46. The van der Waals surface area contributed by atoms with Gasteiger partial charge in [-0.05, 0) is 29.0 Å². The fraction of sp³-hybridized carbons (Fsp3) is 0.278. The Balaban J connectivity index is 2.30. The molecule has 0 aromatic heterocycles. The third-order valence-electron chi connectivity index (χ3n) is 4.15. The maximum Gasteiger partial charge on any atom is 0.327 e. The van der Waals surface area contributed by atoms with E-state index in [9.17, 15) is 19.5 Å². The Hall–Kier alpha value is -2.40. The van der Waals surface area contributed by atoms with E-state index >= 15 is 0 Å². The van der Waals surface area contributed by atoms with E-state index in [0.717, 1.165) is 4.90 Å². The molecule has 2 aromatic carbocycles. The lowest BCUT2D eigenvalue weighted by Gasteiger charge is -2.38. The number of amides is 2. The van der Waals surface area contributed by atoms with Crippen molar-refractivity contribution in [2.45, 2.75) is 26.8 Å². The van der Waals surface area contributed by atoms with Crippen molar-refractivity contribution in [3.05, 3.63) is 46.5 Å². The molecule has 3 rings (SSSR count). The molecule has 5 nitrogen and oxygen atoms in total. The first kappa shape index (κ1) is 16.5. The summed E-state index contributed by atoms with van der Waals surface area (Å²) < 4.78 is 0. The largest absolute Gasteiger partial charge is 0.480 e. The number of rotatable bonds is 2. The molecular weight excluding hydrogens is 330 g/mol. The molecule has 0 bridgehead atoms. The van der Waals surface area contributed by atoms with Crippen LogP contribution in [0.4, 0.5) is 0 Å². The van der Waals surface area contributed by atoms with Crippen molar-refractivity contribution >= 4 is 40.2 Å². The number of imide groups is 1. The quantitative estimate of drug-likeness (QED) is 0.844. The van der Waals surface area contributed by atoms with E-state index in [0.29, 0.717) is 21.4 Å². The van der Waals surface area contributed by atoms with Crippen LogP contribution in [-0.2, 0) is 4.79 Å². The minimum absolute atomic E-state index is 0.253. The second kappa shape index (κ2) is 5.31. The molecule has 0 unspecified atom stereocenters. The molecule has 2 amide bonds. The van der Waals surface area contributed by atoms with Crippen LogP contribution in [-0.4, -0.2) is 33.8 Å². The topological polar surface area (TPSA) is 74.7 Å². The fourth-order valence-electron chi connectivity index (χ4n) is 3.19. The Kier molecular flexibility index (Phi) is 3.64. The first-order valence-electron chi connectivity index (χ1n) is 7.46. The molecule has 0 saturated heterocycles. The predicted molar refractivity (Wildman–Crippen MR) is 90.3 cm³/mol. The van der Waals surface area contributed by atoms with Gasteiger partial charge < -0.3 is 5.11 Å². The molecule has 0 saturated carbocycles. The zero-order valence-corrected chi connectivity index (χ0v) is 14.2. The lowest BCUT2D eigenvalue weighted by Crippen LogP contribution is -2.56. The van der Waals surface area contributed by atoms with Gasteiger partial charge in [-0.2, -0.15) is 0 Å². The second-order valence-electron chi connectivity index (χ2n) is 6.94. The highest BCUT2D eigenvalue weighted by molar-refractivity contribution is 6.34.